The average molecular weight is 509 g/mol. The van der Waals surface area contributed by atoms with Crippen molar-refractivity contribution in [2.45, 2.75) is 64.1 Å². The Bertz CT molecular complexity index is 1040. The van der Waals surface area contributed by atoms with Crippen molar-refractivity contribution < 1.29 is 27.2 Å². The molecule has 4 heterocycles. The van der Waals surface area contributed by atoms with Crippen LogP contribution in [0.3, 0.4) is 0 Å². The second-order valence-electron chi connectivity index (χ2n) is 9.16. The molecule has 12 heteroatoms. The van der Waals surface area contributed by atoms with Crippen LogP contribution in [0.2, 0.25) is 0 Å². The lowest BCUT2D eigenvalue weighted by Crippen LogP contribution is -2.44. The summed E-state index contributed by atoms with van der Waals surface area (Å²) in [6.07, 6.45) is 2.14. The van der Waals surface area contributed by atoms with Crippen LogP contribution < -0.4 is 20.4 Å². The average Bonchev–Trinajstić information content (AvgIpc) is 3.33. The Morgan fingerprint density at radius 1 is 1.08 bits per heavy atom. The van der Waals surface area contributed by atoms with Crippen LogP contribution in [0.25, 0.3) is 0 Å². The predicted octanol–water partition coefficient (Wildman–Crippen LogP) is 4.22. The van der Waals surface area contributed by atoms with Crippen molar-refractivity contribution in [2.75, 3.05) is 41.3 Å². The third-order valence-electron chi connectivity index (χ3n) is 6.38. The number of piperidine rings is 2. The van der Waals surface area contributed by atoms with Crippen LogP contribution in [0.1, 0.15) is 68.1 Å². The molecule has 2 aliphatic rings. The van der Waals surface area contributed by atoms with Crippen LogP contribution >= 0.6 is 0 Å². The summed E-state index contributed by atoms with van der Waals surface area (Å²) in [6.45, 7) is 4.46. The Balaban J connectivity index is 1.38. The van der Waals surface area contributed by atoms with Gasteiger partial charge in [0.1, 0.15) is 5.82 Å². The number of hydrogen-bond donors (Lipinski definition) is 2. The molecular formula is C24H31F3N6O3. The Morgan fingerprint density at radius 3 is 2.42 bits per heavy atom. The van der Waals surface area contributed by atoms with Gasteiger partial charge < -0.3 is 24.9 Å². The number of alkyl halides is 3. The van der Waals surface area contributed by atoms with Gasteiger partial charge in [0.15, 0.2) is 5.69 Å². The zero-order valence-corrected chi connectivity index (χ0v) is 20.2. The predicted molar refractivity (Wildman–Crippen MR) is 128 cm³/mol. The van der Waals surface area contributed by atoms with Gasteiger partial charge in [-0.25, -0.2) is 4.98 Å². The number of aromatic nitrogens is 2. The minimum Gasteiger partial charge on any atom is -0.417 e. The second-order valence-corrected chi connectivity index (χ2v) is 9.16. The van der Waals surface area contributed by atoms with Gasteiger partial charge in [0.05, 0.1) is 11.9 Å². The van der Waals surface area contributed by atoms with Crippen LogP contribution in [-0.4, -0.2) is 54.0 Å². The molecule has 4 rings (SSSR count). The van der Waals surface area contributed by atoms with Gasteiger partial charge in [-0.1, -0.05) is 6.92 Å². The molecule has 2 amide bonds. The summed E-state index contributed by atoms with van der Waals surface area (Å²) in [5, 5.41) is 5.48. The lowest BCUT2D eigenvalue weighted by Gasteiger charge is -2.33. The molecule has 0 aliphatic carbocycles. The third kappa shape index (κ3) is 6.27. The number of rotatable bonds is 7. The van der Waals surface area contributed by atoms with Gasteiger partial charge in [0, 0.05) is 38.6 Å². The summed E-state index contributed by atoms with van der Waals surface area (Å²) in [4.78, 5) is 36.2. The van der Waals surface area contributed by atoms with Gasteiger partial charge in [-0.2, -0.15) is 18.2 Å². The largest absolute Gasteiger partial charge is 0.437 e. The Kier molecular flexibility index (Phi) is 8.00. The van der Waals surface area contributed by atoms with E-state index in [4.69, 9.17) is 4.42 Å². The summed E-state index contributed by atoms with van der Waals surface area (Å²) in [5.41, 5.74) is -1.09. The van der Waals surface area contributed by atoms with Gasteiger partial charge in [-0.15, -0.1) is 0 Å². The van der Waals surface area contributed by atoms with Crippen LogP contribution in [0, 0.1) is 0 Å². The summed E-state index contributed by atoms with van der Waals surface area (Å²) in [5.74, 6) is -1.14. The number of nitrogens with one attached hydrogen (secondary N) is 2. The first-order chi connectivity index (χ1) is 17.2. The van der Waals surface area contributed by atoms with Crippen molar-refractivity contribution in [1.82, 2.24) is 15.3 Å². The van der Waals surface area contributed by atoms with E-state index in [0.717, 1.165) is 38.5 Å². The maximum absolute atomic E-state index is 13.6. The standard InChI is InChI=1S/C24H31F3N6O3/c1-2-6-19(34)29-16-9-13-32(14-10-16)18-8-7-17(15-28-18)30-22(35)20-21(24(25,26)27)31-23(36-20)33-11-4-3-5-12-33/h7-8,15-16H,2-6,9-14H2,1H3,(H,29,34)(H,30,35). The molecule has 2 fully saturated rings. The fourth-order valence-corrected chi connectivity index (χ4v) is 4.49. The topological polar surface area (TPSA) is 104 Å². The van der Waals surface area contributed by atoms with Crippen LogP contribution in [0.5, 0.6) is 0 Å². The van der Waals surface area contributed by atoms with E-state index in [9.17, 15) is 22.8 Å². The maximum Gasteiger partial charge on any atom is 0.437 e. The molecule has 0 saturated carbocycles. The first-order valence-corrected chi connectivity index (χ1v) is 12.4. The quantitative estimate of drug-likeness (QED) is 0.577. The lowest BCUT2D eigenvalue weighted by molar-refractivity contribution is -0.141. The number of pyridine rings is 1. The smallest absolute Gasteiger partial charge is 0.417 e. The molecule has 0 radical (unpaired) electrons. The zero-order chi connectivity index (χ0) is 25.7. The van der Waals surface area contributed by atoms with E-state index in [1.165, 1.54) is 6.20 Å². The number of carbonyl (C=O) groups is 2. The normalized spacial score (nSPS) is 17.2. The number of amides is 2. The highest BCUT2D eigenvalue weighted by Crippen LogP contribution is 2.35. The highest BCUT2D eigenvalue weighted by Gasteiger charge is 2.42. The number of anilines is 3. The van der Waals surface area contributed by atoms with Gasteiger partial charge in [-0.3, -0.25) is 9.59 Å². The Hall–Kier alpha value is -3.31. The molecule has 0 atom stereocenters. The summed E-state index contributed by atoms with van der Waals surface area (Å²) < 4.78 is 46.0. The number of oxazole rings is 1. The summed E-state index contributed by atoms with van der Waals surface area (Å²) in [6, 6.07) is 3.24. The van der Waals surface area contributed by atoms with E-state index in [1.807, 2.05) is 6.92 Å². The lowest BCUT2D eigenvalue weighted by atomic mass is 10.0. The molecule has 0 bridgehead atoms. The SMILES string of the molecule is CCCC(=O)NC1CCN(c2ccc(NC(=O)c3oc(N4CCCCC4)nc3C(F)(F)F)cn2)CC1. The second kappa shape index (κ2) is 11.2. The molecule has 2 aromatic heterocycles. The summed E-state index contributed by atoms with van der Waals surface area (Å²) in [7, 11) is 0. The maximum atomic E-state index is 13.6. The van der Waals surface area contributed by atoms with Gasteiger partial charge in [-0.05, 0) is 50.7 Å². The van der Waals surface area contributed by atoms with E-state index in [0.29, 0.717) is 38.4 Å². The van der Waals surface area contributed by atoms with Crippen LogP contribution in [0.4, 0.5) is 30.7 Å². The first-order valence-electron chi connectivity index (χ1n) is 12.4. The minimum atomic E-state index is -4.82. The van der Waals surface area contributed by atoms with E-state index in [-0.39, 0.29) is 23.7 Å². The van der Waals surface area contributed by atoms with E-state index >= 15 is 0 Å². The van der Waals surface area contributed by atoms with Crippen molar-refractivity contribution in [3.63, 3.8) is 0 Å². The zero-order valence-electron chi connectivity index (χ0n) is 20.2. The highest BCUT2D eigenvalue weighted by atomic mass is 19.4. The van der Waals surface area contributed by atoms with Crippen molar-refractivity contribution in [1.29, 1.82) is 0 Å². The van der Waals surface area contributed by atoms with E-state index in [1.54, 1.807) is 17.0 Å². The third-order valence-corrected chi connectivity index (χ3v) is 6.38. The fraction of sp³-hybridized carbons (Fsp3) is 0.583. The molecule has 9 nitrogen and oxygen atoms in total. The molecule has 2 N–H and O–H groups in total. The fourth-order valence-electron chi connectivity index (χ4n) is 4.49. The highest BCUT2D eigenvalue weighted by molar-refractivity contribution is 6.03. The molecule has 2 saturated heterocycles. The molecular weight excluding hydrogens is 477 g/mol. The van der Waals surface area contributed by atoms with Crippen molar-refractivity contribution in [2.24, 2.45) is 0 Å². The first kappa shape index (κ1) is 25.8. The van der Waals surface area contributed by atoms with Crippen LogP contribution in [0.15, 0.2) is 22.7 Å². The number of halogens is 3. The summed E-state index contributed by atoms with van der Waals surface area (Å²) >= 11 is 0. The van der Waals surface area contributed by atoms with E-state index in [2.05, 4.69) is 25.5 Å². The van der Waals surface area contributed by atoms with Gasteiger partial charge in [0.25, 0.3) is 11.9 Å². The number of nitrogens with zero attached hydrogens (tertiary/aromatic N) is 4. The molecule has 196 valence electrons. The van der Waals surface area contributed by atoms with Crippen molar-refractivity contribution in [3.05, 3.63) is 29.8 Å². The molecule has 0 unspecified atom stereocenters. The number of hydrogen-bond acceptors (Lipinski definition) is 7. The molecule has 0 aromatic carbocycles. The monoisotopic (exact) mass is 508 g/mol. The molecule has 2 aliphatic heterocycles. The van der Waals surface area contributed by atoms with Gasteiger partial charge >= 0.3 is 6.18 Å². The Morgan fingerprint density at radius 2 is 1.81 bits per heavy atom. The van der Waals surface area contributed by atoms with Crippen LogP contribution in [-0.2, 0) is 11.0 Å². The van der Waals surface area contributed by atoms with Crippen molar-refractivity contribution >= 4 is 29.3 Å². The van der Waals surface area contributed by atoms with E-state index < -0.39 is 23.5 Å². The van der Waals surface area contributed by atoms with Gasteiger partial charge in [0.2, 0.25) is 11.7 Å². The van der Waals surface area contributed by atoms with Crippen molar-refractivity contribution in [3.8, 4) is 0 Å². The molecule has 36 heavy (non-hydrogen) atoms. The number of carbonyl (C=O) groups excluding carboxylic acids is 2. The minimum absolute atomic E-state index is 0.0673. The molecule has 2 aromatic rings. The molecule has 0 spiro atoms. The Labute approximate surface area is 207 Å².